The Hall–Kier alpha value is -4.74. The number of hydrogen-bond donors (Lipinski definition) is 1. The van der Waals surface area contributed by atoms with Crippen LogP contribution in [0.3, 0.4) is 0 Å². The third-order valence-corrected chi connectivity index (χ3v) is 6.46. The van der Waals surface area contributed by atoms with Gasteiger partial charge in [-0.1, -0.05) is 30.3 Å². The van der Waals surface area contributed by atoms with Crippen LogP contribution in [0.4, 0.5) is 5.69 Å². The second-order valence-electron chi connectivity index (χ2n) is 11.2. The Morgan fingerprint density at radius 3 is 2.54 bits per heavy atom. The Bertz CT molecular complexity index is 1650. The zero-order valence-corrected chi connectivity index (χ0v) is 24.3. The van der Waals surface area contributed by atoms with E-state index in [-0.39, 0.29) is 11.9 Å². The van der Waals surface area contributed by atoms with Crippen molar-refractivity contribution in [1.82, 2.24) is 14.5 Å². The van der Waals surface area contributed by atoms with E-state index in [2.05, 4.69) is 11.4 Å². The lowest BCUT2D eigenvalue weighted by atomic mass is 9.97. The number of carbonyl (C=O) groups excluding carboxylic acids is 2. The minimum Gasteiger partial charge on any atom is -0.441 e. The summed E-state index contributed by atoms with van der Waals surface area (Å²) in [6.07, 6.45) is 6.41. The minimum atomic E-state index is -0.648. The number of hydrogen-bond acceptors (Lipinski definition) is 6. The first kappa shape index (κ1) is 29.2. The van der Waals surface area contributed by atoms with Crippen molar-refractivity contribution < 1.29 is 14.3 Å². The van der Waals surface area contributed by atoms with Gasteiger partial charge in [0.1, 0.15) is 5.65 Å². The van der Waals surface area contributed by atoms with Gasteiger partial charge in [0.25, 0.3) is 0 Å². The number of pyridine rings is 1. The monoisotopic (exact) mass is 549 g/mol. The van der Waals surface area contributed by atoms with Gasteiger partial charge in [0.15, 0.2) is 6.23 Å². The lowest BCUT2D eigenvalue weighted by Crippen LogP contribution is -2.26. The van der Waals surface area contributed by atoms with Gasteiger partial charge >= 0.3 is 5.97 Å². The van der Waals surface area contributed by atoms with E-state index in [4.69, 9.17) is 9.72 Å². The molecule has 1 unspecified atom stereocenters. The van der Waals surface area contributed by atoms with Crippen LogP contribution in [0.5, 0.6) is 0 Å². The molecule has 0 aliphatic heterocycles. The van der Waals surface area contributed by atoms with Crippen molar-refractivity contribution in [2.24, 2.45) is 5.41 Å². The normalized spacial score (nSPS) is 12.4. The summed E-state index contributed by atoms with van der Waals surface area (Å²) < 4.78 is 7.64. The quantitative estimate of drug-likeness (QED) is 0.201. The molecule has 0 aliphatic carbocycles. The molecule has 8 nitrogen and oxygen atoms in total. The number of aromatic nitrogens is 2. The summed E-state index contributed by atoms with van der Waals surface area (Å²) in [7, 11) is 3.88. The summed E-state index contributed by atoms with van der Waals surface area (Å²) in [5, 5.41) is 13.2. The van der Waals surface area contributed by atoms with Crippen LogP contribution in [0.1, 0.15) is 39.5 Å². The van der Waals surface area contributed by atoms with E-state index in [0.717, 1.165) is 27.6 Å². The molecular formula is C33H35N5O3. The van der Waals surface area contributed by atoms with Crippen LogP contribution in [0.2, 0.25) is 0 Å². The van der Waals surface area contributed by atoms with Crippen molar-refractivity contribution in [3.63, 3.8) is 0 Å². The number of nitriles is 1. The molecule has 0 saturated heterocycles. The number of nitrogens with zero attached hydrogens (tertiary/aromatic N) is 4. The van der Waals surface area contributed by atoms with E-state index in [1.807, 2.05) is 112 Å². The average Bonchev–Trinajstić information content (AvgIpc) is 3.31. The fourth-order valence-electron chi connectivity index (χ4n) is 4.27. The van der Waals surface area contributed by atoms with Crippen LogP contribution in [0, 0.1) is 16.7 Å². The lowest BCUT2D eigenvalue weighted by molar-refractivity contribution is -0.162. The van der Waals surface area contributed by atoms with Crippen LogP contribution in [0.15, 0.2) is 79.1 Å². The average molecular weight is 550 g/mol. The zero-order chi connectivity index (χ0) is 29.7. The summed E-state index contributed by atoms with van der Waals surface area (Å²) >= 11 is 0. The molecule has 2 heterocycles. The van der Waals surface area contributed by atoms with Crippen LogP contribution in [0.25, 0.3) is 33.3 Å². The van der Waals surface area contributed by atoms with Gasteiger partial charge in [0, 0.05) is 47.2 Å². The molecule has 1 atom stereocenters. The smallest absolute Gasteiger partial charge is 0.313 e. The van der Waals surface area contributed by atoms with E-state index in [0.29, 0.717) is 23.4 Å². The number of likely N-dealkylation sites (N-methyl/N-ethyl adjacent to an activating group) is 1. The predicted octanol–water partition coefficient (Wildman–Crippen LogP) is 6.41. The number of rotatable bonds is 8. The summed E-state index contributed by atoms with van der Waals surface area (Å²) in [6.45, 7) is 7.93. The SMILES string of the molecule is CC(OC(=O)C(C)(C)C)n1cc(-c2cccc(C#N)c2)c2cc(-c3cccc(NC(=O)C=CCN(C)C)c3)cnc21. The summed E-state index contributed by atoms with van der Waals surface area (Å²) in [6, 6.07) is 19.2. The fourth-order valence-corrected chi connectivity index (χ4v) is 4.27. The topological polar surface area (TPSA) is 100 Å². The van der Waals surface area contributed by atoms with E-state index in [1.54, 1.807) is 12.3 Å². The molecule has 0 radical (unpaired) electrons. The number of ether oxygens (including phenoxy) is 1. The van der Waals surface area contributed by atoms with Crippen LogP contribution in [-0.2, 0) is 14.3 Å². The first-order valence-electron chi connectivity index (χ1n) is 13.4. The first-order valence-corrected chi connectivity index (χ1v) is 13.4. The maximum Gasteiger partial charge on any atom is 0.313 e. The van der Waals surface area contributed by atoms with Crippen molar-refractivity contribution in [1.29, 1.82) is 5.26 Å². The van der Waals surface area contributed by atoms with Gasteiger partial charge in [0.05, 0.1) is 17.0 Å². The summed E-state index contributed by atoms with van der Waals surface area (Å²) in [4.78, 5) is 31.8. The van der Waals surface area contributed by atoms with Gasteiger partial charge in [-0.15, -0.1) is 0 Å². The molecule has 41 heavy (non-hydrogen) atoms. The number of carbonyl (C=O) groups is 2. The zero-order valence-electron chi connectivity index (χ0n) is 24.3. The van der Waals surface area contributed by atoms with E-state index >= 15 is 0 Å². The molecule has 8 heteroatoms. The molecule has 0 saturated carbocycles. The molecular weight excluding hydrogens is 514 g/mol. The highest BCUT2D eigenvalue weighted by atomic mass is 16.6. The Labute approximate surface area is 240 Å². The van der Waals surface area contributed by atoms with Crippen molar-refractivity contribution in [3.05, 3.63) is 84.7 Å². The molecule has 0 aliphatic rings. The Morgan fingerprint density at radius 2 is 1.83 bits per heavy atom. The molecule has 1 amide bonds. The van der Waals surface area contributed by atoms with Gasteiger partial charge in [-0.05, 0) is 83.2 Å². The van der Waals surface area contributed by atoms with E-state index in [9.17, 15) is 14.9 Å². The van der Waals surface area contributed by atoms with Crippen LogP contribution < -0.4 is 5.32 Å². The molecule has 4 rings (SSSR count). The molecule has 2 aromatic carbocycles. The largest absolute Gasteiger partial charge is 0.441 e. The van der Waals surface area contributed by atoms with Crippen LogP contribution >= 0.6 is 0 Å². The highest BCUT2D eigenvalue weighted by Gasteiger charge is 2.26. The van der Waals surface area contributed by atoms with Gasteiger partial charge in [-0.3, -0.25) is 14.2 Å². The van der Waals surface area contributed by atoms with Crippen molar-refractivity contribution in [2.45, 2.75) is 33.9 Å². The molecule has 210 valence electrons. The van der Waals surface area contributed by atoms with E-state index in [1.165, 1.54) is 6.08 Å². The van der Waals surface area contributed by atoms with Gasteiger partial charge in [0.2, 0.25) is 5.91 Å². The highest BCUT2D eigenvalue weighted by Crippen LogP contribution is 2.35. The second-order valence-corrected chi connectivity index (χ2v) is 11.2. The number of amides is 1. The molecule has 0 bridgehead atoms. The predicted molar refractivity (Wildman–Crippen MR) is 162 cm³/mol. The van der Waals surface area contributed by atoms with Crippen molar-refractivity contribution >= 4 is 28.6 Å². The molecule has 0 fully saturated rings. The first-order chi connectivity index (χ1) is 19.5. The standard InChI is InChI=1S/C33H35N5O3/c1-22(41-32(40)33(2,3)4)38-21-29(25-12-7-10-23(16-25)19-34)28-18-26(20-35-31(28)38)24-11-8-13-27(17-24)36-30(39)14-9-15-37(5)6/h7-14,16-18,20-22H,15H2,1-6H3,(H,36,39). The lowest BCUT2D eigenvalue weighted by Gasteiger charge is -2.22. The van der Waals surface area contributed by atoms with Crippen molar-refractivity contribution in [2.75, 3.05) is 26.0 Å². The number of fused-ring (bicyclic) bond motifs is 1. The third kappa shape index (κ3) is 7.07. The van der Waals surface area contributed by atoms with Gasteiger partial charge in [-0.2, -0.15) is 5.26 Å². The summed E-state index contributed by atoms with van der Waals surface area (Å²) in [5.41, 5.74) is 4.66. The third-order valence-electron chi connectivity index (χ3n) is 6.46. The molecule has 4 aromatic rings. The molecule has 0 spiro atoms. The Kier molecular flexibility index (Phi) is 8.70. The number of esters is 1. The van der Waals surface area contributed by atoms with Gasteiger partial charge in [-0.25, -0.2) is 4.98 Å². The molecule has 1 N–H and O–H groups in total. The Morgan fingerprint density at radius 1 is 1.10 bits per heavy atom. The molecule has 2 aromatic heterocycles. The maximum atomic E-state index is 12.7. The summed E-state index contributed by atoms with van der Waals surface area (Å²) in [5.74, 6) is -0.514. The fraction of sp³-hybridized carbons (Fsp3) is 0.273. The maximum absolute atomic E-state index is 12.7. The number of anilines is 1. The van der Waals surface area contributed by atoms with Crippen molar-refractivity contribution in [3.8, 4) is 28.3 Å². The number of benzene rings is 2. The second kappa shape index (κ2) is 12.2. The Balaban J connectivity index is 1.75. The highest BCUT2D eigenvalue weighted by molar-refractivity contribution is 6.00. The van der Waals surface area contributed by atoms with Gasteiger partial charge < -0.3 is 15.0 Å². The minimum absolute atomic E-state index is 0.201. The van der Waals surface area contributed by atoms with Crippen LogP contribution in [-0.4, -0.2) is 47.0 Å². The van der Waals surface area contributed by atoms with E-state index < -0.39 is 11.6 Å². The number of nitrogens with one attached hydrogen (secondary N) is 1.